The fourth-order valence-corrected chi connectivity index (χ4v) is 10.6. The first-order chi connectivity index (χ1) is 29.2. The van der Waals surface area contributed by atoms with Gasteiger partial charge in [-0.15, -0.1) is 11.3 Å². The van der Waals surface area contributed by atoms with Crippen molar-refractivity contribution in [2.75, 3.05) is 4.90 Å². The summed E-state index contributed by atoms with van der Waals surface area (Å²) in [6.45, 7) is 0. The first-order valence-corrected chi connectivity index (χ1v) is 20.8. The highest BCUT2D eigenvalue weighted by Gasteiger charge is 2.38. The summed E-state index contributed by atoms with van der Waals surface area (Å²) in [6.07, 6.45) is 9.08. The second-order valence-corrected chi connectivity index (χ2v) is 16.6. The normalized spacial score (nSPS) is 16.0. The lowest BCUT2D eigenvalue weighted by atomic mass is 9.90. The van der Waals surface area contributed by atoms with Crippen LogP contribution in [0.1, 0.15) is 11.5 Å². The zero-order chi connectivity index (χ0) is 38.6. The highest BCUT2D eigenvalue weighted by molar-refractivity contribution is 7.25. The summed E-state index contributed by atoms with van der Waals surface area (Å²) in [7, 11) is 0. The smallest absolute Gasteiger partial charge is 0.164 e. The van der Waals surface area contributed by atoms with Gasteiger partial charge >= 0.3 is 0 Å². The minimum Gasteiger partial charge on any atom is -0.455 e. The SMILES string of the molecule is C1=CC2c3cc4ccccc4cc3N(c3cc4c(oc5cccc(-c6nc(-c7ccccc7)nc(-c7ccc8sc9ccccc9c8c7)n6)c54)c4ccccc34)C2C=C1. The van der Waals surface area contributed by atoms with Crippen LogP contribution in [-0.4, -0.2) is 21.0 Å². The van der Waals surface area contributed by atoms with Crippen LogP contribution in [0.4, 0.5) is 11.4 Å². The van der Waals surface area contributed by atoms with E-state index < -0.39 is 0 Å². The van der Waals surface area contributed by atoms with Crippen LogP contribution >= 0.6 is 11.3 Å². The average Bonchev–Trinajstić information content (AvgIpc) is 3.97. The Hall–Kier alpha value is -7.41. The van der Waals surface area contributed by atoms with Gasteiger partial charge in [-0.25, -0.2) is 15.0 Å². The first kappa shape index (κ1) is 32.7. The van der Waals surface area contributed by atoms with Crippen LogP contribution in [0.15, 0.2) is 186 Å². The van der Waals surface area contributed by atoms with E-state index in [0.717, 1.165) is 55.1 Å². The van der Waals surface area contributed by atoms with E-state index in [1.165, 1.54) is 42.2 Å². The molecule has 2 unspecified atom stereocenters. The molecule has 0 amide bonds. The number of allylic oxidation sites excluding steroid dienone is 2. The van der Waals surface area contributed by atoms with Crippen molar-refractivity contribution in [3.05, 3.63) is 188 Å². The number of hydrogen-bond donors (Lipinski definition) is 0. The molecule has 0 bridgehead atoms. The maximum absolute atomic E-state index is 6.88. The molecular formula is C53H32N4OS. The summed E-state index contributed by atoms with van der Waals surface area (Å²) < 4.78 is 9.38. The molecule has 11 aromatic rings. The lowest BCUT2D eigenvalue weighted by Crippen LogP contribution is -2.28. The average molecular weight is 773 g/mol. The summed E-state index contributed by atoms with van der Waals surface area (Å²) in [4.78, 5) is 18.2. The summed E-state index contributed by atoms with van der Waals surface area (Å²) in [5, 5.41) is 9.17. The molecule has 276 valence electrons. The number of hydrogen-bond acceptors (Lipinski definition) is 6. The fourth-order valence-electron chi connectivity index (χ4n) is 9.52. The van der Waals surface area contributed by atoms with Gasteiger partial charge in [0.15, 0.2) is 17.5 Å². The summed E-state index contributed by atoms with van der Waals surface area (Å²) in [5.74, 6) is 2.09. The highest BCUT2D eigenvalue weighted by Crippen LogP contribution is 2.52. The van der Waals surface area contributed by atoms with Crippen molar-refractivity contribution in [2.45, 2.75) is 12.0 Å². The van der Waals surface area contributed by atoms with Crippen molar-refractivity contribution in [1.82, 2.24) is 15.0 Å². The van der Waals surface area contributed by atoms with Gasteiger partial charge in [0.05, 0.1) is 11.7 Å². The fraction of sp³-hybridized carbons (Fsp3) is 0.0377. The van der Waals surface area contributed by atoms with Crippen LogP contribution in [0.25, 0.3) is 97.8 Å². The molecule has 0 saturated carbocycles. The van der Waals surface area contributed by atoms with Crippen molar-refractivity contribution in [3.8, 4) is 34.2 Å². The second kappa shape index (κ2) is 12.5. The summed E-state index contributed by atoms with van der Waals surface area (Å²) in [5.41, 5.74) is 8.15. The van der Waals surface area contributed by atoms with Crippen LogP contribution in [0.2, 0.25) is 0 Å². The minimum atomic E-state index is 0.127. The molecular weight excluding hydrogens is 741 g/mol. The number of aromatic nitrogens is 3. The third-order valence-electron chi connectivity index (χ3n) is 12.2. The van der Waals surface area contributed by atoms with Gasteiger partial charge in [-0.1, -0.05) is 133 Å². The Morgan fingerprint density at radius 2 is 1.20 bits per heavy atom. The number of thiophene rings is 1. The van der Waals surface area contributed by atoms with Gasteiger partial charge in [-0.3, -0.25) is 0 Å². The standard InChI is InChI=1S/C53H32N4OS/c1-2-13-31(14-3-1)51-54-52(34-25-26-48-41(28-34)37-19-9-11-24-47(37)59-48)56-53(55-51)39-21-12-23-46-49(39)42-30-45(35-17-6-7-20-38(35)50(42)58-46)57-43-22-10-8-18-36(43)40-27-32-15-4-5-16-33(32)29-44(40)57/h1-30,36,43H. The molecule has 3 aromatic heterocycles. The number of fused-ring (bicyclic) bond motifs is 12. The van der Waals surface area contributed by atoms with E-state index in [-0.39, 0.29) is 12.0 Å². The van der Waals surface area contributed by atoms with Crippen molar-refractivity contribution < 1.29 is 4.42 Å². The van der Waals surface area contributed by atoms with E-state index in [4.69, 9.17) is 19.4 Å². The maximum Gasteiger partial charge on any atom is 0.164 e. The Bertz CT molecular complexity index is 3600. The van der Waals surface area contributed by atoms with Crippen LogP contribution in [0.5, 0.6) is 0 Å². The van der Waals surface area contributed by atoms with Crippen molar-refractivity contribution in [2.24, 2.45) is 0 Å². The van der Waals surface area contributed by atoms with Gasteiger partial charge in [0.2, 0.25) is 0 Å². The van der Waals surface area contributed by atoms with Crippen molar-refractivity contribution >= 4 is 86.4 Å². The maximum atomic E-state index is 6.88. The molecule has 5 nitrogen and oxygen atoms in total. The summed E-state index contributed by atoms with van der Waals surface area (Å²) >= 11 is 1.81. The van der Waals surface area contributed by atoms with E-state index in [0.29, 0.717) is 17.5 Å². The topological polar surface area (TPSA) is 55.1 Å². The van der Waals surface area contributed by atoms with Gasteiger partial charge in [0.25, 0.3) is 0 Å². The molecule has 4 heterocycles. The van der Waals surface area contributed by atoms with Crippen LogP contribution in [-0.2, 0) is 0 Å². The molecule has 59 heavy (non-hydrogen) atoms. The van der Waals surface area contributed by atoms with Crippen LogP contribution < -0.4 is 4.90 Å². The van der Waals surface area contributed by atoms with E-state index >= 15 is 0 Å². The molecule has 1 aliphatic carbocycles. The van der Waals surface area contributed by atoms with Gasteiger partial charge in [0.1, 0.15) is 11.2 Å². The molecule has 0 spiro atoms. The first-order valence-electron chi connectivity index (χ1n) is 20.0. The molecule has 1 aliphatic heterocycles. The molecule has 0 N–H and O–H groups in total. The lowest BCUT2D eigenvalue weighted by molar-refractivity contribution is 0.672. The molecule has 6 heteroatoms. The molecule has 8 aromatic carbocycles. The third kappa shape index (κ3) is 4.93. The van der Waals surface area contributed by atoms with Crippen molar-refractivity contribution in [3.63, 3.8) is 0 Å². The van der Waals surface area contributed by atoms with Crippen LogP contribution in [0, 0.1) is 0 Å². The summed E-state index contributed by atoms with van der Waals surface area (Å²) in [6, 6.07) is 56.1. The van der Waals surface area contributed by atoms with Gasteiger partial charge in [0, 0.05) is 70.0 Å². The third-order valence-corrected chi connectivity index (χ3v) is 13.4. The molecule has 0 radical (unpaired) electrons. The molecule has 0 saturated heterocycles. The monoisotopic (exact) mass is 772 g/mol. The van der Waals surface area contributed by atoms with Gasteiger partial charge in [-0.05, 0) is 64.9 Å². The number of anilines is 2. The van der Waals surface area contributed by atoms with Gasteiger partial charge in [-0.2, -0.15) is 0 Å². The van der Waals surface area contributed by atoms with Crippen molar-refractivity contribution in [1.29, 1.82) is 0 Å². The predicted octanol–water partition coefficient (Wildman–Crippen LogP) is 14.2. The molecule has 0 fully saturated rings. The Balaban J connectivity index is 1.06. The van der Waals surface area contributed by atoms with Gasteiger partial charge < -0.3 is 9.32 Å². The second-order valence-electron chi connectivity index (χ2n) is 15.5. The molecule has 2 aliphatic rings. The zero-order valence-corrected chi connectivity index (χ0v) is 32.4. The van der Waals surface area contributed by atoms with E-state index in [1.807, 2.05) is 35.6 Å². The molecule has 13 rings (SSSR count). The predicted molar refractivity (Wildman–Crippen MR) is 245 cm³/mol. The zero-order valence-electron chi connectivity index (χ0n) is 31.6. The minimum absolute atomic E-state index is 0.127. The Labute approximate surface area is 342 Å². The van der Waals surface area contributed by atoms with Crippen LogP contribution in [0.3, 0.4) is 0 Å². The Morgan fingerprint density at radius 3 is 2.08 bits per heavy atom. The van der Waals surface area contributed by atoms with E-state index in [9.17, 15) is 0 Å². The number of rotatable bonds is 4. The number of furan rings is 1. The Kier molecular flexibility index (Phi) is 6.94. The molecule has 2 atom stereocenters. The van der Waals surface area contributed by atoms with E-state index in [2.05, 4.69) is 163 Å². The number of nitrogens with zero attached hydrogens (tertiary/aromatic N) is 4. The number of benzene rings is 8. The quantitative estimate of drug-likeness (QED) is 0.178. The van der Waals surface area contributed by atoms with E-state index in [1.54, 1.807) is 0 Å². The largest absolute Gasteiger partial charge is 0.455 e. The Morgan fingerprint density at radius 1 is 0.492 bits per heavy atom. The lowest BCUT2D eigenvalue weighted by Gasteiger charge is -2.30. The highest BCUT2D eigenvalue weighted by atomic mass is 32.1.